The Morgan fingerprint density at radius 1 is 1.25 bits per heavy atom. The van der Waals surface area contributed by atoms with Crippen LogP contribution < -0.4 is 5.73 Å². The van der Waals surface area contributed by atoms with Crippen molar-refractivity contribution in [3.05, 3.63) is 34.1 Å². The van der Waals surface area contributed by atoms with Crippen molar-refractivity contribution >= 4 is 11.3 Å². The third-order valence-corrected chi connectivity index (χ3v) is 4.99. The average Bonchev–Trinajstić information content (AvgIpc) is 3.11. The summed E-state index contributed by atoms with van der Waals surface area (Å²) in [7, 11) is 0. The van der Waals surface area contributed by atoms with Gasteiger partial charge >= 0.3 is 0 Å². The van der Waals surface area contributed by atoms with Crippen LogP contribution in [0, 0.1) is 0 Å². The fraction of sp³-hybridized carbons (Fsp3) is 0.600. The molecule has 0 spiro atoms. The highest BCUT2D eigenvalue weighted by atomic mass is 32.1. The Bertz CT molecular complexity index is 529. The molecular weight excluding hydrogens is 270 g/mol. The van der Waals surface area contributed by atoms with Gasteiger partial charge in [-0.05, 0) is 37.1 Å². The van der Waals surface area contributed by atoms with Gasteiger partial charge in [-0.25, -0.2) is 0 Å². The van der Waals surface area contributed by atoms with E-state index in [2.05, 4.69) is 27.7 Å². The number of hydrogen-bond donors (Lipinski definition) is 1. The van der Waals surface area contributed by atoms with Gasteiger partial charge in [-0.2, -0.15) is 4.98 Å². The lowest BCUT2D eigenvalue weighted by atomic mass is 9.82. The van der Waals surface area contributed by atoms with Crippen LogP contribution in [0.15, 0.2) is 22.0 Å². The largest absolute Gasteiger partial charge is 0.339 e. The van der Waals surface area contributed by atoms with Crippen molar-refractivity contribution in [3.8, 4) is 0 Å². The molecule has 0 radical (unpaired) electrons. The molecule has 3 rings (SSSR count). The van der Waals surface area contributed by atoms with E-state index >= 15 is 0 Å². The van der Waals surface area contributed by atoms with Crippen molar-refractivity contribution < 1.29 is 4.52 Å². The Labute approximate surface area is 123 Å². The normalized spacial score (nSPS) is 18.2. The smallest absolute Gasteiger partial charge is 0.226 e. The molecule has 2 aromatic heterocycles. The summed E-state index contributed by atoms with van der Waals surface area (Å²) in [4.78, 5) is 5.93. The number of nitrogens with zero attached hydrogens (tertiary/aromatic N) is 2. The van der Waals surface area contributed by atoms with Crippen LogP contribution in [0.5, 0.6) is 0 Å². The highest BCUT2D eigenvalue weighted by Gasteiger charge is 2.34. The molecule has 0 saturated heterocycles. The average molecular weight is 291 g/mol. The van der Waals surface area contributed by atoms with E-state index in [4.69, 9.17) is 10.3 Å². The van der Waals surface area contributed by atoms with E-state index in [-0.39, 0.29) is 5.54 Å². The van der Waals surface area contributed by atoms with E-state index in [1.807, 2.05) is 0 Å². The molecule has 1 aliphatic rings. The number of aryl methyl sites for hydroxylation is 2. The van der Waals surface area contributed by atoms with E-state index in [1.165, 1.54) is 24.1 Å². The quantitative estimate of drug-likeness (QED) is 0.916. The zero-order valence-corrected chi connectivity index (χ0v) is 12.5. The van der Waals surface area contributed by atoms with Gasteiger partial charge in [0.1, 0.15) is 0 Å². The van der Waals surface area contributed by atoms with Crippen LogP contribution in [0.3, 0.4) is 0 Å². The van der Waals surface area contributed by atoms with E-state index in [9.17, 15) is 0 Å². The van der Waals surface area contributed by atoms with Crippen molar-refractivity contribution in [1.29, 1.82) is 0 Å². The van der Waals surface area contributed by atoms with Crippen LogP contribution in [0.4, 0.5) is 0 Å². The number of nitrogens with two attached hydrogens (primary N) is 1. The third kappa shape index (κ3) is 3.10. The Kier molecular flexibility index (Phi) is 4.17. The van der Waals surface area contributed by atoms with E-state index in [0.717, 1.165) is 38.0 Å². The van der Waals surface area contributed by atoms with Gasteiger partial charge in [0.15, 0.2) is 5.82 Å². The zero-order valence-electron chi connectivity index (χ0n) is 11.7. The van der Waals surface area contributed by atoms with Crippen LogP contribution in [0.1, 0.15) is 55.1 Å². The van der Waals surface area contributed by atoms with E-state index in [1.54, 1.807) is 11.3 Å². The zero-order chi connectivity index (χ0) is 13.8. The summed E-state index contributed by atoms with van der Waals surface area (Å²) in [5.74, 6) is 1.44. The minimum absolute atomic E-state index is 0.353. The maximum Gasteiger partial charge on any atom is 0.226 e. The molecule has 1 aliphatic carbocycles. The maximum atomic E-state index is 6.42. The van der Waals surface area contributed by atoms with Crippen LogP contribution in [-0.2, 0) is 18.4 Å². The Morgan fingerprint density at radius 2 is 2.10 bits per heavy atom. The summed E-state index contributed by atoms with van der Waals surface area (Å²) >= 11 is 1.80. The second kappa shape index (κ2) is 6.06. The molecule has 2 aromatic rings. The summed E-state index contributed by atoms with van der Waals surface area (Å²) in [6, 6.07) is 4.26. The highest BCUT2D eigenvalue weighted by molar-refractivity contribution is 7.09. The molecule has 108 valence electrons. The summed E-state index contributed by atoms with van der Waals surface area (Å²) < 4.78 is 5.36. The third-order valence-electron chi connectivity index (χ3n) is 4.05. The Balaban J connectivity index is 1.56. The lowest BCUT2D eigenvalue weighted by Crippen LogP contribution is -2.39. The molecule has 2 N–H and O–H groups in total. The van der Waals surface area contributed by atoms with Crippen molar-refractivity contribution in [2.45, 2.75) is 56.9 Å². The molecule has 20 heavy (non-hydrogen) atoms. The predicted molar refractivity (Wildman–Crippen MR) is 79.6 cm³/mol. The first kappa shape index (κ1) is 13.8. The van der Waals surface area contributed by atoms with E-state index in [0.29, 0.717) is 5.82 Å². The number of aromatic nitrogens is 2. The molecule has 5 heteroatoms. The first-order valence-electron chi connectivity index (χ1n) is 7.41. The van der Waals surface area contributed by atoms with Gasteiger partial charge < -0.3 is 10.3 Å². The molecule has 0 amide bonds. The van der Waals surface area contributed by atoms with Crippen LogP contribution in [0.25, 0.3) is 0 Å². The molecule has 0 unspecified atom stereocenters. The molecule has 4 nitrogen and oxygen atoms in total. The molecule has 1 fully saturated rings. The van der Waals surface area contributed by atoms with Crippen LogP contribution in [0.2, 0.25) is 0 Å². The minimum atomic E-state index is -0.353. The predicted octanol–water partition coefficient (Wildman–Crippen LogP) is 3.42. The molecule has 2 heterocycles. The number of rotatable bonds is 5. The van der Waals surface area contributed by atoms with Gasteiger partial charge in [-0.1, -0.05) is 30.5 Å². The Hall–Kier alpha value is -1.20. The van der Waals surface area contributed by atoms with Crippen LogP contribution in [-0.4, -0.2) is 10.1 Å². The van der Waals surface area contributed by atoms with Gasteiger partial charge in [0.05, 0.1) is 5.54 Å². The van der Waals surface area contributed by atoms with Gasteiger partial charge in [0, 0.05) is 11.3 Å². The van der Waals surface area contributed by atoms with Crippen LogP contribution >= 0.6 is 11.3 Å². The number of thiophene rings is 1. The van der Waals surface area contributed by atoms with Gasteiger partial charge in [-0.3, -0.25) is 0 Å². The summed E-state index contributed by atoms with van der Waals surface area (Å²) in [6.07, 6.45) is 8.49. The lowest BCUT2D eigenvalue weighted by Gasteiger charge is -2.29. The minimum Gasteiger partial charge on any atom is -0.339 e. The monoisotopic (exact) mass is 291 g/mol. The first-order chi connectivity index (χ1) is 9.76. The molecule has 0 bridgehead atoms. The topological polar surface area (TPSA) is 64.9 Å². The van der Waals surface area contributed by atoms with Gasteiger partial charge in [0.2, 0.25) is 5.89 Å². The second-order valence-corrected chi connectivity index (χ2v) is 6.69. The fourth-order valence-electron chi connectivity index (χ4n) is 2.83. The summed E-state index contributed by atoms with van der Waals surface area (Å²) in [5.41, 5.74) is 6.06. The fourth-order valence-corrected chi connectivity index (χ4v) is 3.58. The summed E-state index contributed by atoms with van der Waals surface area (Å²) in [6.45, 7) is 0. The standard InChI is InChI=1S/C15H21N3OS/c16-15(9-2-1-3-10-15)14-17-13(19-18-14)8-4-6-12-7-5-11-20-12/h5,7,11H,1-4,6,8-10,16H2. The summed E-state index contributed by atoms with van der Waals surface area (Å²) in [5, 5.41) is 6.23. The van der Waals surface area contributed by atoms with Crippen molar-refractivity contribution in [1.82, 2.24) is 10.1 Å². The molecule has 0 aliphatic heterocycles. The van der Waals surface area contributed by atoms with E-state index < -0.39 is 0 Å². The molecule has 0 aromatic carbocycles. The molecular formula is C15H21N3OS. The maximum absolute atomic E-state index is 6.42. The van der Waals surface area contributed by atoms with Gasteiger partial charge in [-0.15, -0.1) is 11.3 Å². The van der Waals surface area contributed by atoms with Crippen molar-refractivity contribution in [3.63, 3.8) is 0 Å². The first-order valence-corrected chi connectivity index (χ1v) is 8.29. The lowest BCUT2D eigenvalue weighted by molar-refractivity contribution is 0.273. The molecule has 1 saturated carbocycles. The van der Waals surface area contributed by atoms with Crippen molar-refractivity contribution in [2.24, 2.45) is 5.73 Å². The highest BCUT2D eigenvalue weighted by Crippen LogP contribution is 2.33. The van der Waals surface area contributed by atoms with Crippen molar-refractivity contribution in [2.75, 3.05) is 0 Å². The SMILES string of the molecule is NC1(c2noc(CCCc3cccs3)n2)CCCCC1. The number of hydrogen-bond acceptors (Lipinski definition) is 5. The van der Waals surface area contributed by atoms with Gasteiger partial charge in [0.25, 0.3) is 0 Å². The Morgan fingerprint density at radius 3 is 2.85 bits per heavy atom. The second-order valence-electron chi connectivity index (χ2n) is 5.66. The molecule has 0 atom stereocenters.